The highest BCUT2D eigenvalue weighted by Gasteiger charge is 2.32. The van der Waals surface area contributed by atoms with Gasteiger partial charge in [-0.05, 0) is 35.4 Å². The number of carbonyl (C=O) groups is 1. The van der Waals surface area contributed by atoms with Gasteiger partial charge in [0.1, 0.15) is 23.7 Å². The quantitative estimate of drug-likeness (QED) is 0.545. The number of amides is 1. The molecular formula is C25H24N4O4. The largest absolute Gasteiger partial charge is 0.490 e. The van der Waals surface area contributed by atoms with Gasteiger partial charge in [0, 0.05) is 24.3 Å². The number of nitrogens with zero attached hydrogens (tertiary/aromatic N) is 3. The smallest absolute Gasteiger partial charge is 0.404 e. The first-order valence-electron chi connectivity index (χ1n) is 10.6. The van der Waals surface area contributed by atoms with Crippen LogP contribution in [-0.2, 0) is 5.41 Å². The van der Waals surface area contributed by atoms with E-state index in [2.05, 4.69) is 41.3 Å². The second-order valence-electron chi connectivity index (χ2n) is 8.49. The number of benzene rings is 2. The molecule has 168 valence electrons. The Bertz CT molecular complexity index is 1150. The Kier molecular flexibility index (Phi) is 6.13. The van der Waals surface area contributed by atoms with Crippen molar-refractivity contribution in [2.45, 2.75) is 44.2 Å². The number of carboxylic acid groups (broad SMARTS) is 1. The van der Waals surface area contributed by atoms with Crippen molar-refractivity contribution in [3.8, 4) is 23.3 Å². The molecule has 0 unspecified atom stereocenters. The number of nitriles is 1. The van der Waals surface area contributed by atoms with E-state index in [-0.39, 0.29) is 23.4 Å². The maximum absolute atomic E-state index is 10.7. The monoisotopic (exact) mass is 444 g/mol. The topological polar surface area (TPSA) is 117 Å². The van der Waals surface area contributed by atoms with Crippen LogP contribution in [0.15, 0.2) is 60.9 Å². The van der Waals surface area contributed by atoms with Crippen LogP contribution in [0.5, 0.6) is 17.2 Å². The average Bonchev–Trinajstić information content (AvgIpc) is 2.78. The van der Waals surface area contributed by atoms with E-state index >= 15 is 0 Å². The van der Waals surface area contributed by atoms with Gasteiger partial charge < -0.3 is 19.9 Å². The molecule has 0 saturated heterocycles. The van der Waals surface area contributed by atoms with Gasteiger partial charge >= 0.3 is 6.09 Å². The molecule has 1 heterocycles. The lowest BCUT2D eigenvalue weighted by Gasteiger charge is -2.35. The van der Waals surface area contributed by atoms with Crippen molar-refractivity contribution < 1.29 is 19.4 Å². The Balaban J connectivity index is 1.37. The fourth-order valence-electron chi connectivity index (χ4n) is 3.77. The zero-order chi connectivity index (χ0) is 23.4. The Morgan fingerprint density at radius 2 is 1.55 bits per heavy atom. The van der Waals surface area contributed by atoms with E-state index in [1.54, 1.807) is 0 Å². The van der Waals surface area contributed by atoms with E-state index in [9.17, 15) is 4.79 Å². The number of hydrogen-bond acceptors (Lipinski definition) is 6. The van der Waals surface area contributed by atoms with Crippen LogP contribution in [0, 0.1) is 11.3 Å². The number of nitrogens with one attached hydrogen (secondary N) is 1. The predicted molar refractivity (Wildman–Crippen MR) is 120 cm³/mol. The number of ether oxygens (including phenoxy) is 2. The van der Waals surface area contributed by atoms with E-state index < -0.39 is 6.09 Å². The predicted octanol–water partition coefficient (Wildman–Crippen LogP) is 4.64. The summed E-state index contributed by atoms with van der Waals surface area (Å²) in [6.45, 7) is 4.31. The molecule has 2 N–H and O–H groups in total. The van der Waals surface area contributed by atoms with Gasteiger partial charge in [-0.1, -0.05) is 38.1 Å². The molecule has 1 aliphatic carbocycles. The normalized spacial score (nSPS) is 17.4. The van der Waals surface area contributed by atoms with Gasteiger partial charge in [0.2, 0.25) is 5.82 Å². The molecular weight excluding hydrogens is 420 g/mol. The van der Waals surface area contributed by atoms with Gasteiger partial charge in [0.25, 0.3) is 0 Å². The maximum Gasteiger partial charge on any atom is 0.404 e. The summed E-state index contributed by atoms with van der Waals surface area (Å²) in [5.74, 6) is 2.00. The number of rotatable bonds is 7. The summed E-state index contributed by atoms with van der Waals surface area (Å²) < 4.78 is 11.7. The lowest BCUT2D eigenvalue weighted by Crippen LogP contribution is -2.48. The molecule has 8 heteroatoms. The van der Waals surface area contributed by atoms with Crippen molar-refractivity contribution in [1.82, 2.24) is 15.3 Å². The number of aromatic nitrogens is 2. The van der Waals surface area contributed by atoms with E-state index in [0.29, 0.717) is 24.3 Å². The fourth-order valence-corrected chi connectivity index (χ4v) is 3.77. The second kappa shape index (κ2) is 9.17. The zero-order valence-corrected chi connectivity index (χ0v) is 18.4. The molecule has 8 nitrogen and oxygen atoms in total. The molecule has 1 fully saturated rings. The molecule has 4 rings (SSSR count). The summed E-state index contributed by atoms with van der Waals surface area (Å²) in [5.41, 5.74) is 2.03. The lowest BCUT2D eigenvalue weighted by molar-refractivity contribution is 0.0833. The van der Waals surface area contributed by atoms with Crippen LogP contribution in [0.1, 0.15) is 43.6 Å². The Morgan fingerprint density at radius 3 is 2.06 bits per heavy atom. The van der Waals surface area contributed by atoms with Gasteiger partial charge in [-0.2, -0.15) is 5.26 Å². The van der Waals surface area contributed by atoms with Gasteiger partial charge in [0.05, 0.1) is 12.4 Å². The van der Waals surface area contributed by atoms with Crippen molar-refractivity contribution in [3.05, 3.63) is 77.9 Å². The minimum Gasteiger partial charge on any atom is -0.490 e. The van der Waals surface area contributed by atoms with Crippen LogP contribution >= 0.6 is 0 Å². The highest BCUT2D eigenvalue weighted by atomic mass is 16.5. The van der Waals surface area contributed by atoms with Crippen molar-refractivity contribution in [2.75, 3.05) is 0 Å². The molecule has 2 aromatic carbocycles. The highest BCUT2D eigenvalue weighted by Crippen LogP contribution is 2.34. The summed E-state index contributed by atoms with van der Waals surface area (Å²) in [6.07, 6.45) is 3.35. The van der Waals surface area contributed by atoms with Crippen molar-refractivity contribution in [1.29, 1.82) is 5.26 Å². The van der Waals surface area contributed by atoms with Gasteiger partial charge in [-0.15, -0.1) is 0 Å². The van der Waals surface area contributed by atoms with Gasteiger partial charge in [0.15, 0.2) is 5.75 Å². The van der Waals surface area contributed by atoms with E-state index in [1.807, 2.05) is 42.5 Å². The van der Waals surface area contributed by atoms with Crippen molar-refractivity contribution in [3.63, 3.8) is 0 Å². The molecule has 3 aromatic rings. The van der Waals surface area contributed by atoms with Gasteiger partial charge in [-0.25, -0.2) is 14.8 Å². The van der Waals surface area contributed by atoms with Crippen LogP contribution in [0.2, 0.25) is 0 Å². The first-order valence-corrected chi connectivity index (χ1v) is 10.6. The Labute approximate surface area is 191 Å². The molecule has 0 bridgehead atoms. The molecule has 1 amide bonds. The third kappa shape index (κ3) is 5.21. The number of hydrogen-bond donors (Lipinski definition) is 2. The van der Waals surface area contributed by atoms with Crippen LogP contribution in [0.25, 0.3) is 0 Å². The van der Waals surface area contributed by atoms with Crippen LogP contribution < -0.4 is 14.8 Å². The van der Waals surface area contributed by atoms with Crippen LogP contribution in [-0.4, -0.2) is 33.3 Å². The molecule has 0 atom stereocenters. The standard InChI is InChI=1S/C25H24N4O4/c1-25(2,16-3-7-19(8-4-16)32-21-11-18(12-21)29-24(30)31)17-5-9-20(10-6-17)33-22-14-27-23(13-26)28-15-22/h3-10,14-15,18,21,29H,11-12H2,1-2H3,(H,30,31). The summed E-state index contributed by atoms with van der Waals surface area (Å²) in [5, 5.41) is 20.0. The summed E-state index contributed by atoms with van der Waals surface area (Å²) >= 11 is 0. The molecule has 1 saturated carbocycles. The zero-order valence-electron chi connectivity index (χ0n) is 18.4. The van der Waals surface area contributed by atoms with Crippen LogP contribution in [0.4, 0.5) is 4.79 Å². The SMILES string of the molecule is CC(C)(c1ccc(Oc2cnc(C#N)nc2)cc1)c1ccc(OC2CC(NC(=O)O)C2)cc1. The molecule has 0 radical (unpaired) electrons. The maximum atomic E-state index is 10.7. The third-order valence-electron chi connectivity index (χ3n) is 5.84. The lowest BCUT2D eigenvalue weighted by atomic mass is 9.78. The molecule has 1 aliphatic rings. The average molecular weight is 444 g/mol. The van der Waals surface area contributed by atoms with E-state index in [4.69, 9.17) is 19.8 Å². The molecule has 33 heavy (non-hydrogen) atoms. The van der Waals surface area contributed by atoms with E-state index in [1.165, 1.54) is 12.4 Å². The minimum atomic E-state index is -0.993. The first kappa shape index (κ1) is 22.1. The molecule has 0 spiro atoms. The summed E-state index contributed by atoms with van der Waals surface area (Å²) in [4.78, 5) is 18.5. The highest BCUT2D eigenvalue weighted by molar-refractivity contribution is 5.65. The summed E-state index contributed by atoms with van der Waals surface area (Å²) in [6, 6.07) is 17.7. The summed E-state index contributed by atoms with van der Waals surface area (Å²) in [7, 11) is 0. The second-order valence-corrected chi connectivity index (χ2v) is 8.49. The van der Waals surface area contributed by atoms with E-state index in [0.717, 1.165) is 16.9 Å². The third-order valence-corrected chi connectivity index (χ3v) is 5.84. The Morgan fingerprint density at radius 1 is 1.00 bits per heavy atom. The van der Waals surface area contributed by atoms with Gasteiger partial charge in [-0.3, -0.25) is 0 Å². The van der Waals surface area contributed by atoms with Crippen LogP contribution in [0.3, 0.4) is 0 Å². The molecule has 0 aliphatic heterocycles. The Hall–Kier alpha value is -4.12. The van der Waals surface area contributed by atoms with Crippen molar-refractivity contribution in [2.24, 2.45) is 0 Å². The fraction of sp³-hybridized carbons (Fsp3) is 0.280. The molecule has 1 aromatic heterocycles. The van der Waals surface area contributed by atoms with Crippen molar-refractivity contribution >= 4 is 6.09 Å². The first-order chi connectivity index (χ1) is 15.8. The minimum absolute atomic E-state index is 0.0258.